The number of carbonyl (C=O) groups is 1. The lowest BCUT2D eigenvalue weighted by molar-refractivity contribution is 0.228. The van der Waals surface area contributed by atoms with E-state index in [0.717, 1.165) is 30.7 Å². The molecule has 1 heterocycles. The first-order chi connectivity index (χ1) is 11.7. The molecule has 0 saturated heterocycles. The monoisotopic (exact) mass is 324 g/mol. The van der Waals surface area contributed by atoms with E-state index in [0.29, 0.717) is 0 Å². The fourth-order valence-electron chi connectivity index (χ4n) is 3.18. The minimum absolute atomic E-state index is 0.116. The summed E-state index contributed by atoms with van der Waals surface area (Å²) in [6.07, 6.45) is 3.10. The minimum atomic E-state index is -0.116. The number of aryl methyl sites for hydroxylation is 1. The van der Waals surface area contributed by atoms with Crippen molar-refractivity contribution in [3.8, 4) is 5.75 Å². The second kappa shape index (κ2) is 7.39. The van der Waals surface area contributed by atoms with Crippen molar-refractivity contribution in [1.29, 1.82) is 0 Å². The lowest BCUT2D eigenvalue weighted by Gasteiger charge is -2.23. The maximum atomic E-state index is 12.5. The van der Waals surface area contributed by atoms with E-state index in [1.54, 1.807) is 0 Å². The highest BCUT2D eigenvalue weighted by Gasteiger charge is 2.30. The average molecular weight is 324 g/mol. The molecule has 1 aliphatic heterocycles. The maximum absolute atomic E-state index is 12.5. The number of benzene rings is 2. The van der Waals surface area contributed by atoms with E-state index in [2.05, 4.69) is 37.4 Å². The molecule has 0 spiro atoms. The van der Waals surface area contributed by atoms with Crippen molar-refractivity contribution in [2.45, 2.75) is 39.2 Å². The summed E-state index contributed by atoms with van der Waals surface area (Å²) in [6, 6.07) is 16.1. The topological polar surface area (TPSA) is 41.6 Å². The van der Waals surface area contributed by atoms with E-state index < -0.39 is 0 Å². The van der Waals surface area contributed by atoms with Crippen molar-refractivity contribution in [2.75, 3.05) is 11.6 Å². The number of anilines is 1. The number of ether oxygens (including phenoxy) is 1. The third kappa shape index (κ3) is 3.53. The summed E-state index contributed by atoms with van der Waals surface area (Å²) < 4.78 is 5.63. The third-order valence-electron chi connectivity index (χ3n) is 4.35. The zero-order valence-electron chi connectivity index (χ0n) is 14.3. The molecule has 2 aromatic carbocycles. The van der Waals surface area contributed by atoms with Gasteiger partial charge in [0.25, 0.3) is 0 Å². The molecule has 24 heavy (non-hydrogen) atoms. The summed E-state index contributed by atoms with van der Waals surface area (Å²) in [7, 11) is 0. The van der Waals surface area contributed by atoms with Crippen LogP contribution in [0.5, 0.6) is 5.75 Å². The highest BCUT2D eigenvalue weighted by molar-refractivity contribution is 5.94. The van der Waals surface area contributed by atoms with Crippen LogP contribution in [0.1, 0.15) is 31.4 Å². The van der Waals surface area contributed by atoms with E-state index in [1.807, 2.05) is 35.2 Å². The molecule has 4 heteroatoms. The van der Waals surface area contributed by atoms with Gasteiger partial charge in [-0.1, -0.05) is 43.7 Å². The number of carbonyl (C=O) groups excluding carboxylic acids is 1. The summed E-state index contributed by atoms with van der Waals surface area (Å²) >= 11 is 0. The molecule has 0 radical (unpaired) electrons. The summed E-state index contributed by atoms with van der Waals surface area (Å²) in [5.74, 6) is 0.769. The van der Waals surface area contributed by atoms with Gasteiger partial charge >= 0.3 is 6.03 Å². The van der Waals surface area contributed by atoms with Crippen LogP contribution in [0.25, 0.3) is 0 Å². The Balaban J connectivity index is 1.54. The Morgan fingerprint density at radius 3 is 2.71 bits per heavy atom. The van der Waals surface area contributed by atoms with Crippen LogP contribution in [0, 0.1) is 0 Å². The molecule has 0 fully saturated rings. The fraction of sp³-hybridized carbons (Fsp3) is 0.350. The predicted octanol–water partition coefficient (Wildman–Crippen LogP) is 4.14. The largest absolute Gasteiger partial charge is 0.473 e. The van der Waals surface area contributed by atoms with E-state index in [1.165, 1.54) is 11.1 Å². The molecule has 3 rings (SSSR count). The van der Waals surface area contributed by atoms with Crippen molar-refractivity contribution in [3.63, 3.8) is 0 Å². The molecule has 0 aromatic heterocycles. The van der Waals surface area contributed by atoms with Crippen LogP contribution in [-0.4, -0.2) is 18.8 Å². The van der Waals surface area contributed by atoms with Gasteiger partial charge in [-0.15, -0.1) is 0 Å². The predicted molar refractivity (Wildman–Crippen MR) is 96.6 cm³/mol. The lowest BCUT2D eigenvalue weighted by Crippen LogP contribution is -2.44. The molecular weight excluding hydrogens is 300 g/mol. The summed E-state index contributed by atoms with van der Waals surface area (Å²) in [5.41, 5.74) is 3.51. The van der Waals surface area contributed by atoms with Gasteiger partial charge in [-0.2, -0.15) is 0 Å². The standard InChI is InChI=1S/C20H24N2O2/c1-3-6-16-9-11-18(12-10-16)24-14-21-20(23)22-15(2)13-17-7-4-5-8-19(17)22/h4-5,7-12,15H,3,6,13-14H2,1-2H3,(H,21,23). The lowest BCUT2D eigenvalue weighted by atomic mass is 10.1. The number of rotatable bonds is 5. The van der Waals surface area contributed by atoms with Crippen molar-refractivity contribution >= 4 is 11.7 Å². The highest BCUT2D eigenvalue weighted by Crippen LogP contribution is 2.31. The van der Waals surface area contributed by atoms with Gasteiger partial charge in [-0.05, 0) is 49.1 Å². The van der Waals surface area contributed by atoms with Crippen LogP contribution in [0.15, 0.2) is 48.5 Å². The number of hydrogen-bond acceptors (Lipinski definition) is 2. The molecule has 126 valence electrons. The number of urea groups is 1. The van der Waals surface area contributed by atoms with Gasteiger partial charge in [0, 0.05) is 11.7 Å². The van der Waals surface area contributed by atoms with E-state index in [-0.39, 0.29) is 18.8 Å². The molecule has 1 atom stereocenters. The van der Waals surface area contributed by atoms with Gasteiger partial charge in [0.2, 0.25) is 0 Å². The van der Waals surface area contributed by atoms with Crippen LogP contribution in [-0.2, 0) is 12.8 Å². The number of hydrogen-bond donors (Lipinski definition) is 1. The Bertz CT molecular complexity index is 697. The van der Waals surface area contributed by atoms with Crippen LogP contribution in [0.3, 0.4) is 0 Å². The van der Waals surface area contributed by atoms with E-state index in [4.69, 9.17) is 4.74 Å². The molecule has 4 nitrogen and oxygen atoms in total. The first kappa shape index (κ1) is 16.4. The molecule has 1 unspecified atom stereocenters. The van der Waals surface area contributed by atoms with Crippen molar-refractivity contribution in [3.05, 3.63) is 59.7 Å². The smallest absolute Gasteiger partial charge is 0.324 e. The molecule has 1 aliphatic rings. The number of nitrogens with one attached hydrogen (secondary N) is 1. The second-order valence-corrected chi connectivity index (χ2v) is 6.22. The molecule has 2 aromatic rings. The number of nitrogens with zero attached hydrogens (tertiary/aromatic N) is 1. The SMILES string of the molecule is CCCc1ccc(OCNC(=O)N2c3ccccc3CC2C)cc1. The van der Waals surface area contributed by atoms with Crippen LogP contribution >= 0.6 is 0 Å². The van der Waals surface area contributed by atoms with Gasteiger partial charge in [0.05, 0.1) is 0 Å². The molecule has 2 amide bonds. The van der Waals surface area contributed by atoms with Gasteiger partial charge in [-0.25, -0.2) is 4.79 Å². The van der Waals surface area contributed by atoms with Gasteiger partial charge in [0.1, 0.15) is 5.75 Å². The van der Waals surface area contributed by atoms with Gasteiger partial charge in [-0.3, -0.25) is 4.90 Å². The Morgan fingerprint density at radius 2 is 1.96 bits per heavy atom. The summed E-state index contributed by atoms with van der Waals surface area (Å²) in [5, 5.41) is 2.85. The number of amides is 2. The Morgan fingerprint density at radius 1 is 1.21 bits per heavy atom. The fourth-order valence-corrected chi connectivity index (χ4v) is 3.18. The van der Waals surface area contributed by atoms with Crippen molar-refractivity contribution < 1.29 is 9.53 Å². The number of fused-ring (bicyclic) bond motifs is 1. The molecular formula is C20H24N2O2. The first-order valence-corrected chi connectivity index (χ1v) is 8.55. The quantitative estimate of drug-likeness (QED) is 0.840. The van der Waals surface area contributed by atoms with Gasteiger partial charge in [0.15, 0.2) is 6.73 Å². The summed E-state index contributed by atoms with van der Waals surface area (Å²) in [6.45, 7) is 4.39. The highest BCUT2D eigenvalue weighted by atomic mass is 16.5. The summed E-state index contributed by atoms with van der Waals surface area (Å²) in [4.78, 5) is 14.3. The minimum Gasteiger partial charge on any atom is -0.473 e. The maximum Gasteiger partial charge on any atom is 0.324 e. The van der Waals surface area contributed by atoms with Crippen molar-refractivity contribution in [2.24, 2.45) is 0 Å². The third-order valence-corrected chi connectivity index (χ3v) is 4.35. The molecule has 0 aliphatic carbocycles. The Labute approximate surface area is 143 Å². The molecule has 0 saturated carbocycles. The van der Waals surface area contributed by atoms with Crippen molar-refractivity contribution in [1.82, 2.24) is 5.32 Å². The Hall–Kier alpha value is -2.49. The average Bonchev–Trinajstić information content (AvgIpc) is 2.92. The Kier molecular flexibility index (Phi) is 5.04. The second-order valence-electron chi connectivity index (χ2n) is 6.22. The normalized spacial score (nSPS) is 15.9. The first-order valence-electron chi connectivity index (χ1n) is 8.55. The van der Waals surface area contributed by atoms with Crippen LogP contribution in [0.2, 0.25) is 0 Å². The number of para-hydroxylation sites is 1. The zero-order valence-corrected chi connectivity index (χ0v) is 14.3. The van der Waals surface area contributed by atoms with Gasteiger partial charge < -0.3 is 10.1 Å². The van der Waals surface area contributed by atoms with E-state index in [9.17, 15) is 4.79 Å². The zero-order chi connectivity index (χ0) is 16.9. The molecule has 0 bridgehead atoms. The van der Waals surface area contributed by atoms with Crippen LogP contribution < -0.4 is 15.0 Å². The molecule has 1 N–H and O–H groups in total. The van der Waals surface area contributed by atoms with E-state index >= 15 is 0 Å². The van der Waals surface area contributed by atoms with Crippen LogP contribution in [0.4, 0.5) is 10.5 Å².